The summed E-state index contributed by atoms with van der Waals surface area (Å²) in [4.78, 5) is 47.0. The third-order valence-electron chi connectivity index (χ3n) is 2.27. The van der Waals surface area contributed by atoms with Gasteiger partial charge in [-0.15, -0.1) is 0 Å². The Morgan fingerprint density at radius 1 is 1.05 bits per heavy atom. The first-order valence-electron chi connectivity index (χ1n) is 6.17. The maximum absolute atomic E-state index is 11.7. The topological polar surface area (TPSA) is 102 Å². The third kappa shape index (κ3) is 6.17. The van der Waals surface area contributed by atoms with E-state index in [9.17, 15) is 19.2 Å². The maximum Gasteiger partial charge on any atom is 0.340 e. The number of hydrogen-bond acceptors (Lipinski definition) is 6. The van der Waals surface area contributed by atoms with Crippen molar-refractivity contribution in [2.24, 2.45) is 0 Å². The van der Waals surface area contributed by atoms with Gasteiger partial charge in [-0.05, 0) is 13.8 Å². The molecule has 0 bridgehead atoms. The van der Waals surface area contributed by atoms with Crippen LogP contribution in [-0.2, 0) is 28.7 Å². The average molecular weight is 288 g/mol. The van der Waals surface area contributed by atoms with Gasteiger partial charge in [0.25, 0.3) is 0 Å². The van der Waals surface area contributed by atoms with Crippen molar-refractivity contribution in [3.05, 3.63) is 0 Å². The minimum atomic E-state index is -1.53. The van der Waals surface area contributed by atoms with Gasteiger partial charge in [0.2, 0.25) is 17.9 Å². The number of amides is 2. The Balaban J connectivity index is 4.71. The van der Waals surface area contributed by atoms with E-state index >= 15 is 0 Å². The minimum absolute atomic E-state index is 0.0674. The monoisotopic (exact) mass is 288 g/mol. The van der Waals surface area contributed by atoms with Crippen LogP contribution in [0, 0.1) is 0 Å². The van der Waals surface area contributed by atoms with Crippen molar-refractivity contribution in [3.8, 4) is 0 Å². The van der Waals surface area contributed by atoms with Crippen LogP contribution >= 0.6 is 0 Å². The lowest BCUT2D eigenvalue weighted by Crippen LogP contribution is -2.51. The number of hydrogen-bond donors (Lipinski definition) is 1. The van der Waals surface area contributed by atoms with Crippen LogP contribution in [0.5, 0.6) is 0 Å². The summed E-state index contributed by atoms with van der Waals surface area (Å²) in [6.45, 7) is 4.30. The van der Waals surface area contributed by atoms with Crippen LogP contribution < -0.4 is 5.32 Å². The molecule has 0 aromatic rings. The molecule has 0 unspecified atom stereocenters. The predicted molar refractivity (Wildman–Crippen MR) is 68.5 cm³/mol. The first kappa shape index (κ1) is 17.9. The van der Waals surface area contributed by atoms with Gasteiger partial charge in [-0.1, -0.05) is 0 Å². The summed E-state index contributed by atoms with van der Waals surface area (Å²) < 4.78 is 9.38. The number of ether oxygens (including phenoxy) is 2. The van der Waals surface area contributed by atoms with E-state index < -0.39 is 23.9 Å². The molecule has 0 saturated carbocycles. The Kier molecular flexibility index (Phi) is 7.95. The van der Waals surface area contributed by atoms with Gasteiger partial charge in [0, 0.05) is 14.0 Å². The lowest BCUT2D eigenvalue weighted by atomic mass is 10.3. The van der Waals surface area contributed by atoms with E-state index in [-0.39, 0.29) is 25.7 Å². The number of nitrogens with one attached hydrogen (secondary N) is 1. The molecular formula is C12H20N2O6. The Labute approximate surface area is 117 Å². The van der Waals surface area contributed by atoms with Crippen molar-refractivity contribution in [1.29, 1.82) is 0 Å². The third-order valence-corrected chi connectivity index (χ3v) is 2.27. The number of likely N-dealkylation sites (N-methyl/N-ethyl adjacent to an activating group) is 1. The van der Waals surface area contributed by atoms with Crippen LogP contribution in [0.2, 0.25) is 0 Å². The summed E-state index contributed by atoms with van der Waals surface area (Å²) in [5.41, 5.74) is 0. The summed E-state index contributed by atoms with van der Waals surface area (Å²) in [5.74, 6) is -2.77. The molecule has 0 aliphatic heterocycles. The quantitative estimate of drug-likeness (QED) is 0.480. The highest BCUT2D eigenvalue weighted by Gasteiger charge is 2.31. The molecule has 0 atom stereocenters. The standard InChI is InChI=1S/C12H20N2O6/c1-5-19-11(17)10(12(18)20-6-2)13-9(16)7-14(4)8(3)15/h10H,5-7H2,1-4H3,(H,13,16). The SMILES string of the molecule is CCOC(=O)C(NC(=O)CN(C)C(C)=O)C(=O)OCC. The molecule has 0 aliphatic rings. The zero-order chi connectivity index (χ0) is 15.7. The van der Waals surface area contributed by atoms with Gasteiger partial charge in [0.1, 0.15) is 0 Å². The Bertz CT molecular complexity index is 364. The van der Waals surface area contributed by atoms with Crippen LogP contribution in [0.15, 0.2) is 0 Å². The van der Waals surface area contributed by atoms with Crippen LogP contribution in [-0.4, -0.2) is 61.5 Å². The molecule has 8 nitrogen and oxygen atoms in total. The largest absolute Gasteiger partial charge is 0.464 e. The van der Waals surface area contributed by atoms with E-state index in [2.05, 4.69) is 14.8 Å². The summed E-state index contributed by atoms with van der Waals surface area (Å²) in [6.07, 6.45) is 0. The first-order valence-corrected chi connectivity index (χ1v) is 6.17. The summed E-state index contributed by atoms with van der Waals surface area (Å²) in [6, 6.07) is -1.53. The fourth-order valence-electron chi connectivity index (χ4n) is 1.20. The van der Waals surface area contributed by atoms with E-state index in [1.54, 1.807) is 13.8 Å². The maximum atomic E-state index is 11.7. The molecule has 0 spiro atoms. The van der Waals surface area contributed by atoms with Gasteiger partial charge in [0.05, 0.1) is 19.8 Å². The zero-order valence-electron chi connectivity index (χ0n) is 12.1. The van der Waals surface area contributed by atoms with Crippen LogP contribution in [0.1, 0.15) is 20.8 Å². The van der Waals surface area contributed by atoms with Gasteiger partial charge in [0.15, 0.2) is 0 Å². The molecule has 0 aliphatic carbocycles. The van der Waals surface area contributed by atoms with Crippen molar-refractivity contribution < 1.29 is 28.7 Å². The van der Waals surface area contributed by atoms with Crippen molar-refractivity contribution in [3.63, 3.8) is 0 Å². The minimum Gasteiger partial charge on any atom is -0.464 e. The molecule has 0 heterocycles. The van der Waals surface area contributed by atoms with E-state index in [0.29, 0.717) is 0 Å². The second-order valence-corrected chi connectivity index (χ2v) is 3.88. The highest BCUT2D eigenvalue weighted by molar-refractivity contribution is 6.02. The summed E-state index contributed by atoms with van der Waals surface area (Å²) >= 11 is 0. The number of nitrogens with zero attached hydrogens (tertiary/aromatic N) is 1. The molecule has 1 N–H and O–H groups in total. The predicted octanol–water partition coefficient (Wildman–Crippen LogP) is -0.924. The van der Waals surface area contributed by atoms with E-state index in [1.165, 1.54) is 14.0 Å². The highest BCUT2D eigenvalue weighted by atomic mass is 16.6. The van der Waals surface area contributed by atoms with E-state index in [1.807, 2.05) is 0 Å². The first-order chi connectivity index (χ1) is 9.33. The van der Waals surface area contributed by atoms with Gasteiger partial charge < -0.3 is 19.7 Å². The molecule has 8 heteroatoms. The molecule has 0 saturated heterocycles. The molecule has 20 heavy (non-hydrogen) atoms. The smallest absolute Gasteiger partial charge is 0.340 e. The summed E-state index contributed by atoms with van der Waals surface area (Å²) in [7, 11) is 1.42. The summed E-state index contributed by atoms with van der Waals surface area (Å²) in [5, 5.41) is 2.19. The molecule has 0 rings (SSSR count). The zero-order valence-corrected chi connectivity index (χ0v) is 12.1. The van der Waals surface area contributed by atoms with Gasteiger partial charge in [-0.2, -0.15) is 0 Å². The number of carbonyl (C=O) groups excluding carboxylic acids is 4. The molecule has 0 aromatic heterocycles. The van der Waals surface area contributed by atoms with Gasteiger partial charge in [-0.25, -0.2) is 9.59 Å². The fourth-order valence-corrected chi connectivity index (χ4v) is 1.20. The van der Waals surface area contributed by atoms with E-state index in [4.69, 9.17) is 0 Å². The highest BCUT2D eigenvalue weighted by Crippen LogP contribution is 1.95. The molecule has 0 radical (unpaired) electrons. The Morgan fingerprint density at radius 3 is 1.85 bits per heavy atom. The lowest BCUT2D eigenvalue weighted by Gasteiger charge is -2.18. The average Bonchev–Trinajstić information content (AvgIpc) is 2.36. The van der Waals surface area contributed by atoms with E-state index in [0.717, 1.165) is 4.90 Å². The van der Waals surface area contributed by atoms with Gasteiger partial charge >= 0.3 is 11.9 Å². The van der Waals surface area contributed by atoms with Crippen LogP contribution in [0.25, 0.3) is 0 Å². The van der Waals surface area contributed by atoms with Crippen molar-refractivity contribution in [1.82, 2.24) is 10.2 Å². The van der Waals surface area contributed by atoms with Crippen molar-refractivity contribution in [2.75, 3.05) is 26.8 Å². The Hall–Kier alpha value is -2.12. The lowest BCUT2D eigenvalue weighted by molar-refractivity contribution is -0.159. The second kappa shape index (κ2) is 8.89. The van der Waals surface area contributed by atoms with Crippen molar-refractivity contribution in [2.45, 2.75) is 26.8 Å². The molecule has 114 valence electrons. The van der Waals surface area contributed by atoms with Crippen molar-refractivity contribution >= 4 is 23.8 Å². The molecule has 0 aromatic carbocycles. The normalized spacial score (nSPS) is 9.85. The molecule has 2 amide bonds. The van der Waals surface area contributed by atoms with Gasteiger partial charge in [-0.3, -0.25) is 9.59 Å². The number of rotatable bonds is 7. The Morgan fingerprint density at radius 2 is 1.50 bits per heavy atom. The number of carbonyl (C=O) groups is 4. The number of esters is 2. The van der Waals surface area contributed by atoms with Crippen LogP contribution in [0.3, 0.4) is 0 Å². The molecular weight excluding hydrogens is 268 g/mol. The van der Waals surface area contributed by atoms with Crippen LogP contribution in [0.4, 0.5) is 0 Å². The molecule has 0 fully saturated rings. The second-order valence-electron chi connectivity index (χ2n) is 3.88. The fraction of sp³-hybridized carbons (Fsp3) is 0.667.